The molecule has 1 heterocycles. The fraction of sp³-hybridized carbons (Fsp3) is 0.833. The zero-order valence-corrected chi connectivity index (χ0v) is 5.72. The Morgan fingerprint density at radius 1 is 1.78 bits per heavy atom. The summed E-state index contributed by atoms with van der Waals surface area (Å²) in [5.41, 5.74) is 0. The molecule has 1 aliphatic heterocycles. The van der Waals surface area contributed by atoms with E-state index in [1.165, 1.54) is 0 Å². The molecule has 0 spiro atoms. The topological polar surface area (TPSA) is 26.3 Å². The second kappa shape index (κ2) is 2.90. The Bertz CT molecular complexity index is 114. The molecule has 1 saturated heterocycles. The van der Waals surface area contributed by atoms with Crippen molar-refractivity contribution in [2.45, 2.75) is 19.2 Å². The summed E-state index contributed by atoms with van der Waals surface area (Å²) in [5, 5.41) is 0. The van der Waals surface area contributed by atoms with Gasteiger partial charge in [-0.2, -0.15) is 0 Å². The lowest BCUT2D eigenvalue weighted by Gasteiger charge is -1.99. The first-order chi connectivity index (χ1) is 4.34. The molecule has 1 unspecified atom stereocenters. The normalized spacial score (nSPS) is 26.2. The molecular weight excluding hydrogens is 115 g/mol. The molecule has 0 saturated carbocycles. The third-order valence-electron chi connectivity index (χ3n) is 1.68. The summed E-state index contributed by atoms with van der Waals surface area (Å²) in [6.07, 6.45) is 3.02. The van der Waals surface area contributed by atoms with Crippen LogP contribution in [-0.4, -0.2) is 20.4 Å². The second-order valence-electron chi connectivity index (χ2n) is 2.44. The minimum Gasteiger partial charge on any atom is -0.465 e. The van der Waals surface area contributed by atoms with E-state index in [9.17, 15) is 4.79 Å². The molecule has 1 rings (SSSR count). The van der Waals surface area contributed by atoms with E-state index >= 15 is 0 Å². The van der Waals surface area contributed by atoms with E-state index in [0.717, 1.165) is 19.2 Å². The fourth-order valence-electron chi connectivity index (χ4n) is 1.15. The third kappa shape index (κ3) is 1.47. The SMILES string of the molecule is BCCC1CCOC1=O. The molecule has 0 aliphatic carbocycles. The van der Waals surface area contributed by atoms with E-state index in [0.29, 0.717) is 6.61 Å². The summed E-state index contributed by atoms with van der Waals surface area (Å²) < 4.78 is 4.78. The summed E-state index contributed by atoms with van der Waals surface area (Å²) in [4.78, 5) is 10.7. The predicted molar refractivity (Wildman–Crippen MR) is 37.0 cm³/mol. The standard InChI is InChI=1S/C6H11BO2/c7-3-1-5-2-4-9-6(5)8/h5H,1-4,7H2. The van der Waals surface area contributed by atoms with Crippen molar-refractivity contribution in [1.82, 2.24) is 0 Å². The summed E-state index contributed by atoms with van der Waals surface area (Å²) in [6.45, 7) is 0.642. The van der Waals surface area contributed by atoms with Crippen molar-refractivity contribution in [1.29, 1.82) is 0 Å². The van der Waals surface area contributed by atoms with Crippen molar-refractivity contribution in [3.8, 4) is 0 Å². The van der Waals surface area contributed by atoms with Crippen molar-refractivity contribution < 1.29 is 9.53 Å². The van der Waals surface area contributed by atoms with E-state index < -0.39 is 0 Å². The molecule has 3 heteroatoms. The maximum atomic E-state index is 10.7. The zero-order valence-electron chi connectivity index (χ0n) is 5.72. The maximum absolute atomic E-state index is 10.7. The first kappa shape index (κ1) is 6.65. The maximum Gasteiger partial charge on any atom is 0.309 e. The van der Waals surface area contributed by atoms with Gasteiger partial charge in [-0.25, -0.2) is 0 Å². The van der Waals surface area contributed by atoms with Crippen LogP contribution in [-0.2, 0) is 9.53 Å². The molecular formula is C6H11BO2. The molecule has 1 fully saturated rings. The summed E-state index contributed by atoms with van der Waals surface area (Å²) in [7, 11) is 2.09. The van der Waals surface area contributed by atoms with Gasteiger partial charge >= 0.3 is 5.97 Å². The van der Waals surface area contributed by atoms with Crippen LogP contribution in [0, 0.1) is 5.92 Å². The highest BCUT2D eigenvalue weighted by Gasteiger charge is 2.24. The van der Waals surface area contributed by atoms with Gasteiger partial charge in [0.1, 0.15) is 7.85 Å². The molecule has 1 aliphatic rings. The minimum atomic E-state index is 0.0110. The van der Waals surface area contributed by atoms with Gasteiger partial charge in [-0.1, -0.05) is 6.32 Å². The molecule has 1 atom stereocenters. The number of carbonyl (C=O) groups excluding carboxylic acids is 1. The molecule has 0 bridgehead atoms. The number of esters is 1. The lowest BCUT2D eigenvalue weighted by Crippen LogP contribution is -2.06. The number of hydrogen-bond donors (Lipinski definition) is 0. The Morgan fingerprint density at radius 3 is 3.00 bits per heavy atom. The van der Waals surface area contributed by atoms with Crippen LogP contribution in [0.2, 0.25) is 6.32 Å². The highest BCUT2D eigenvalue weighted by molar-refractivity contribution is 6.08. The highest BCUT2D eigenvalue weighted by atomic mass is 16.5. The van der Waals surface area contributed by atoms with E-state index in [4.69, 9.17) is 4.74 Å². The average Bonchev–Trinajstić information content (AvgIpc) is 2.18. The van der Waals surface area contributed by atoms with Gasteiger partial charge < -0.3 is 4.74 Å². The van der Waals surface area contributed by atoms with Gasteiger partial charge in [0.25, 0.3) is 0 Å². The van der Waals surface area contributed by atoms with Crippen molar-refractivity contribution in [3.63, 3.8) is 0 Å². The Morgan fingerprint density at radius 2 is 2.56 bits per heavy atom. The van der Waals surface area contributed by atoms with Crippen LogP contribution in [0.25, 0.3) is 0 Å². The van der Waals surface area contributed by atoms with Crippen molar-refractivity contribution in [2.75, 3.05) is 6.61 Å². The van der Waals surface area contributed by atoms with Crippen LogP contribution in [0.1, 0.15) is 12.8 Å². The largest absolute Gasteiger partial charge is 0.465 e. The lowest BCUT2D eigenvalue weighted by molar-refractivity contribution is -0.141. The van der Waals surface area contributed by atoms with Crippen LogP contribution < -0.4 is 0 Å². The lowest BCUT2D eigenvalue weighted by atomic mass is 9.93. The van der Waals surface area contributed by atoms with Crippen LogP contribution in [0.4, 0.5) is 0 Å². The van der Waals surface area contributed by atoms with Crippen LogP contribution in [0.15, 0.2) is 0 Å². The number of carbonyl (C=O) groups is 1. The summed E-state index contributed by atoms with van der Waals surface area (Å²) in [5.74, 6) is 0.229. The molecule has 0 radical (unpaired) electrons. The van der Waals surface area contributed by atoms with Gasteiger partial charge in [-0.3, -0.25) is 4.79 Å². The van der Waals surface area contributed by atoms with Crippen LogP contribution >= 0.6 is 0 Å². The Balaban J connectivity index is 2.31. The van der Waals surface area contributed by atoms with Gasteiger partial charge in [-0.15, -0.1) is 0 Å². The van der Waals surface area contributed by atoms with Crippen molar-refractivity contribution in [3.05, 3.63) is 0 Å². The number of hydrogen-bond acceptors (Lipinski definition) is 2. The van der Waals surface area contributed by atoms with E-state index in [1.54, 1.807) is 0 Å². The van der Waals surface area contributed by atoms with Crippen molar-refractivity contribution >= 4 is 13.8 Å². The van der Waals surface area contributed by atoms with Gasteiger partial charge in [0.05, 0.1) is 12.5 Å². The summed E-state index contributed by atoms with van der Waals surface area (Å²) >= 11 is 0. The first-order valence-electron chi connectivity index (χ1n) is 3.51. The van der Waals surface area contributed by atoms with Crippen LogP contribution in [0.5, 0.6) is 0 Å². The Labute approximate surface area is 56.0 Å². The van der Waals surface area contributed by atoms with Gasteiger partial charge in [0.2, 0.25) is 0 Å². The smallest absolute Gasteiger partial charge is 0.309 e. The third-order valence-corrected chi connectivity index (χ3v) is 1.68. The van der Waals surface area contributed by atoms with Gasteiger partial charge in [0, 0.05) is 0 Å². The van der Waals surface area contributed by atoms with E-state index in [1.807, 2.05) is 0 Å². The molecule has 0 aromatic heterocycles. The number of ether oxygens (including phenoxy) is 1. The molecule has 0 amide bonds. The molecule has 0 aromatic carbocycles. The predicted octanol–water partition coefficient (Wildman–Crippen LogP) is -0.00900. The fourth-order valence-corrected chi connectivity index (χ4v) is 1.15. The summed E-state index contributed by atoms with van der Waals surface area (Å²) in [6, 6.07) is 0. The van der Waals surface area contributed by atoms with E-state index in [-0.39, 0.29) is 11.9 Å². The molecule has 2 nitrogen and oxygen atoms in total. The zero-order chi connectivity index (χ0) is 6.69. The monoisotopic (exact) mass is 126 g/mol. The number of cyclic esters (lactones) is 1. The average molecular weight is 126 g/mol. The van der Waals surface area contributed by atoms with Crippen molar-refractivity contribution in [2.24, 2.45) is 5.92 Å². The molecule has 0 aromatic rings. The molecule has 0 N–H and O–H groups in total. The highest BCUT2D eigenvalue weighted by Crippen LogP contribution is 2.18. The van der Waals surface area contributed by atoms with E-state index in [2.05, 4.69) is 7.85 Å². The first-order valence-corrected chi connectivity index (χ1v) is 3.51. The van der Waals surface area contributed by atoms with Crippen LogP contribution in [0.3, 0.4) is 0 Å². The Kier molecular flexibility index (Phi) is 2.14. The minimum absolute atomic E-state index is 0.0110. The Hall–Kier alpha value is -0.465. The second-order valence-corrected chi connectivity index (χ2v) is 2.44. The quantitative estimate of drug-likeness (QED) is 0.384. The van der Waals surface area contributed by atoms with Gasteiger partial charge in [0.15, 0.2) is 0 Å². The molecule has 50 valence electrons. The number of rotatable bonds is 2. The van der Waals surface area contributed by atoms with Gasteiger partial charge in [-0.05, 0) is 12.8 Å². The molecule has 9 heavy (non-hydrogen) atoms.